The van der Waals surface area contributed by atoms with Crippen LogP contribution in [0.25, 0.3) is 0 Å². The van der Waals surface area contributed by atoms with E-state index in [4.69, 9.17) is 0 Å². The van der Waals surface area contributed by atoms with Gasteiger partial charge < -0.3 is 5.32 Å². The lowest BCUT2D eigenvalue weighted by Crippen LogP contribution is -2.35. The molecule has 0 aromatic rings. The maximum atomic E-state index is 3.75. The van der Waals surface area contributed by atoms with Crippen LogP contribution in [0.3, 0.4) is 0 Å². The molecular formula is C12H24N2. The topological polar surface area (TPSA) is 15.3 Å². The minimum absolute atomic E-state index is 0.615. The van der Waals surface area contributed by atoms with E-state index >= 15 is 0 Å². The van der Waals surface area contributed by atoms with Gasteiger partial charge in [-0.2, -0.15) is 0 Å². The highest BCUT2D eigenvalue weighted by Crippen LogP contribution is 1.90. The van der Waals surface area contributed by atoms with Crippen molar-refractivity contribution < 1.29 is 0 Å². The number of hydrogen-bond donors (Lipinski definition) is 1. The van der Waals surface area contributed by atoms with Gasteiger partial charge in [0.1, 0.15) is 0 Å². The smallest absolute Gasteiger partial charge is 0.0164 e. The SMILES string of the molecule is C=CCN(CC=C)CCNC(C)CC. The van der Waals surface area contributed by atoms with Gasteiger partial charge >= 0.3 is 0 Å². The van der Waals surface area contributed by atoms with E-state index in [9.17, 15) is 0 Å². The van der Waals surface area contributed by atoms with Crippen molar-refractivity contribution in [2.24, 2.45) is 0 Å². The van der Waals surface area contributed by atoms with Crippen molar-refractivity contribution in [1.29, 1.82) is 0 Å². The molecule has 82 valence electrons. The molecule has 0 spiro atoms. The second kappa shape index (κ2) is 8.97. The van der Waals surface area contributed by atoms with Crippen molar-refractivity contribution in [1.82, 2.24) is 10.2 Å². The summed E-state index contributed by atoms with van der Waals surface area (Å²) in [5.41, 5.74) is 0. The molecule has 14 heavy (non-hydrogen) atoms. The Labute approximate surface area is 88.7 Å². The molecule has 1 atom stereocenters. The van der Waals surface area contributed by atoms with Crippen LogP contribution >= 0.6 is 0 Å². The predicted octanol–water partition coefficient (Wildman–Crippen LogP) is 2.05. The highest BCUT2D eigenvalue weighted by atomic mass is 15.1. The predicted molar refractivity (Wildman–Crippen MR) is 64.6 cm³/mol. The lowest BCUT2D eigenvalue weighted by Gasteiger charge is -2.20. The van der Waals surface area contributed by atoms with E-state index < -0.39 is 0 Å². The molecule has 0 fully saturated rings. The highest BCUT2D eigenvalue weighted by molar-refractivity contribution is 4.80. The normalized spacial score (nSPS) is 12.8. The molecule has 0 radical (unpaired) electrons. The minimum atomic E-state index is 0.615. The van der Waals surface area contributed by atoms with Crippen LogP contribution < -0.4 is 5.32 Å². The van der Waals surface area contributed by atoms with E-state index in [0.29, 0.717) is 6.04 Å². The number of nitrogens with zero attached hydrogens (tertiary/aromatic N) is 1. The van der Waals surface area contributed by atoms with Crippen LogP contribution in [0, 0.1) is 0 Å². The quantitative estimate of drug-likeness (QED) is 0.568. The first-order valence-electron chi connectivity index (χ1n) is 5.42. The van der Waals surface area contributed by atoms with Gasteiger partial charge in [-0.3, -0.25) is 4.90 Å². The summed E-state index contributed by atoms with van der Waals surface area (Å²) in [6.45, 7) is 15.9. The zero-order chi connectivity index (χ0) is 10.8. The van der Waals surface area contributed by atoms with Crippen LogP contribution in [-0.2, 0) is 0 Å². The molecule has 0 rings (SSSR count). The van der Waals surface area contributed by atoms with Crippen molar-refractivity contribution in [3.63, 3.8) is 0 Å². The van der Waals surface area contributed by atoms with Gasteiger partial charge in [0.2, 0.25) is 0 Å². The van der Waals surface area contributed by atoms with Gasteiger partial charge in [0, 0.05) is 32.2 Å². The number of nitrogens with one attached hydrogen (secondary N) is 1. The first-order chi connectivity index (χ1) is 6.74. The molecule has 1 unspecified atom stereocenters. The first-order valence-corrected chi connectivity index (χ1v) is 5.42. The van der Waals surface area contributed by atoms with Crippen molar-refractivity contribution >= 4 is 0 Å². The number of rotatable bonds is 9. The zero-order valence-corrected chi connectivity index (χ0v) is 9.63. The second-order valence-electron chi connectivity index (χ2n) is 3.60. The Morgan fingerprint density at radius 2 is 1.86 bits per heavy atom. The summed E-state index contributed by atoms with van der Waals surface area (Å²) in [7, 11) is 0. The van der Waals surface area contributed by atoms with Crippen molar-refractivity contribution in [3.05, 3.63) is 25.3 Å². The monoisotopic (exact) mass is 196 g/mol. The van der Waals surface area contributed by atoms with E-state index in [0.717, 1.165) is 26.2 Å². The molecule has 1 N–H and O–H groups in total. The van der Waals surface area contributed by atoms with E-state index in [2.05, 4.69) is 37.2 Å². The Balaban J connectivity index is 3.58. The summed E-state index contributed by atoms with van der Waals surface area (Å²) < 4.78 is 0. The third-order valence-electron chi connectivity index (χ3n) is 2.31. The van der Waals surface area contributed by atoms with Crippen LogP contribution in [0.1, 0.15) is 20.3 Å². The Hall–Kier alpha value is -0.600. The van der Waals surface area contributed by atoms with Gasteiger partial charge in [0.05, 0.1) is 0 Å². The second-order valence-corrected chi connectivity index (χ2v) is 3.60. The van der Waals surface area contributed by atoms with E-state index in [-0.39, 0.29) is 0 Å². The van der Waals surface area contributed by atoms with Crippen LogP contribution in [0.5, 0.6) is 0 Å². The summed E-state index contributed by atoms with van der Waals surface area (Å²) in [4.78, 5) is 2.31. The highest BCUT2D eigenvalue weighted by Gasteiger charge is 2.01. The van der Waals surface area contributed by atoms with Crippen LogP contribution in [-0.4, -0.2) is 37.1 Å². The fourth-order valence-electron chi connectivity index (χ4n) is 1.24. The molecule has 0 saturated carbocycles. The molecule has 0 aliphatic carbocycles. The Morgan fingerprint density at radius 1 is 1.29 bits per heavy atom. The Bertz CT molecular complexity index is 144. The molecule has 2 nitrogen and oxygen atoms in total. The number of hydrogen-bond acceptors (Lipinski definition) is 2. The fraction of sp³-hybridized carbons (Fsp3) is 0.667. The van der Waals surface area contributed by atoms with Crippen molar-refractivity contribution in [2.75, 3.05) is 26.2 Å². The van der Waals surface area contributed by atoms with Gasteiger partial charge in [-0.1, -0.05) is 19.1 Å². The maximum absolute atomic E-state index is 3.75. The van der Waals surface area contributed by atoms with Gasteiger partial charge in [-0.15, -0.1) is 13.2 Å². The van der Waals surface area contributed by atoms with Gasteiger partial charge in [0.15, 0.2) is 0 Å². The van der Waals surface area contributed by atoms with E-state index in [1.54, 1.807) is 0 Å². The summed E-state index contributed by atoms with van der Waals surface area (Å²) in [5.74, 6) is 0. The van der Waals surface area contributed by atoms with Gasteiger partial charge in [0.25, 0.3) is 0 Å². The Morgan fingerprint density at radius 3 is 2.29 bits per heavy atom. The molecule has 0 heterocycles. The maximum Gasteiger partial charge on any atom is 0.0164 e. The summed E-state index contributed by atoms with van der Waals surface area (Å²) in [6.07, 6.45) is 5.06. The third kappa shape index (κ3) is 6.87. The van der Waals surface area contributed by atoms with Gasteiger partial charge in [-0.25, -0.2) is 0 Å². The average Bonchev–Trinajstić information content (AvgIpc) is 2.18. The fourth-order valence-corrected chi connectivity index (χ4v) is 1.24. The molecule has 0 bridgehead atoms. The molecular weight excluding hydrogens is 172 g/mol. The molecule has 0 saturated heterocycles. The summed E-state index contributed by atoms with van der Waals surface area (Å²) in [6, 6.07) is 0.615. The zero-order valence-electron chi connectivity index (χ0n) is 9.63. The molecule has 2 heteroatoms. The molecule has 0 aromatic carbocycles. The lowest BCUT2D eigenvalue weighted by atomic mass is 10.2. The lowest BCUT2D eigenvalue weighted by molar-refractivity contribution is 0.325. The Kier molecular flexibility index (Phi) is 8.59. The summed E-state index contributed by atoms with van der Waals surface area (Å²) in [5, 5.41) is 3.47. The molecule has 0 aromatic heterocycles. The van der Waals surface area contributed by atoms with Crippen LogP contribution in [0.2, 0.25) is 0 Å². The van der Waals surface area contributed by atoms with E-state index in [1.165, 1.54) is 6.42 Å². The largest absolute Gasteiger partial charge is 0.313 e. The molecule has 0 aliphatic rings. The summed E-state index contributed by atoms with van der Waals surface area (Å²) >= 11 is 0. The molecule has 0 amide bonds. The van der Waals surface area contributed by atoms with Crippen LogP contribution in [0.4, 0.5) is 0 Å². The molecule has 0 aliphatic heterocycles. The standard InChI is InChI=1S/C12H24N2/c1-5-9-14(10-6-2)11-8-13-12(4)7-3/h5-6,12-13H,1-2,7-11H2,3-4H3. The average molecular weight is 196 g/mol. The first kappa shape index (κ1) is 13.4. The van der Waals surface area contributed by atoms with Crippen molar-refractivity contribution in [2.45, 2.75) is 26.3 Å². The van der Waals surface area contributed by atoms with Gasteiger partial charge in [-0.05, 0) is 13.3 Å². The third-order valence-corrected chi connectivity index (χ3v) is 2.31. The van der Waals surface area contributed by atoms with Crippen LogP contribution in [0.15, 0.2) is 25.3 Å². The minimum Gasteiger partial charge on any atom is -0.313 e. The van der Waals surface area contributed by atoms with E-state index in [1.807, 2.05) is 12.2 Å². The van der Waals surface area contributed by atoms with Crippen molar-refractivity contribution in [3.8, 4) is 0 Å².